The third-order valence-electron chi connectivity index (χ3n) is 7.80. The number of alkyl halides is 3. The average Bonchev–Trinajstić information content (AvgIpc) is 3.05. The topological polar surface area (TPSA) is 8.29 Å². The summed E-state index contributed by atoms with van der Waals surface area (Å²) in [6, 6.07) is 14.8. The number of pyridine rings is 1. The smallest absolute Gasteiger partial charge is 0.222 e. The maximum Gasteiger partial charge on any atom is 0.416 e. The van der Waals surface area contributed by atoms with Gasteiger partial charge in [0.1, 0.15) is 11.3 Å². The van der Waals surface area contributed by atoms with E-state index in [2.05, 4.69) is 28.9 Å². The van der Waals surface area contributed by atoms with Crippen molar-refractivity contribution >= 4 is 38.4 Å². The van der Waals surface area contributed by atoms with E-state index in [1.165, 1.54) is 18.2 Å². The second-order valence-electron chi connectivity index (χ2n) is 9.14. The molecular weight excluding hydrogens is 428 g/mol. The quantitative estimate of drug-likeness (QED) is 0.151. The molecule has 6 heteroatoms. The number of benzene rings is 3. The largest absolute Gasteiger partial charge is 0.416 e. The molecule has 33 heavy (non-hydrogen) atoms. The van der Waals surface area contributed by atoms with E-state index in [0.717, 1.165) is 59.5 Å². The molecule has 0 amide bonds. The van der Waals surface area contributed by atoms with Crippen molar-refractivity contribution < 1.29 is 22.1 Å². The van der Waals surface area contributed by atoms with Crippen molar-refractivity contribution in [1.82, 2.24) is 4.40 Å². The predicted octanol–water partition coefficient (Wildman–Crippen LogP) is 7.31. The molecule has 6 rings (SSSR count). The minimum Gasteiger partial charge on any atom is -0.222 e. The Balaban J connectivity index is 1.96. The first-order chi connectivity index (χ1) is 15.8. The molecule has 0 saturated carbocycles. The molecule has 0 aliphatic carbocycles. The highest BCUT2D eigenvalue weighted by Crippen LogP contribution is 2.45. The van der Waals surface area contributed by atoms with Crippen LogP contribution in [0.15, 0.2) is 54.6 Å². The van der Waals surface area contributed by atoms with Crippen LogP contribution in [-0.4, -0.2) is 4.40 Å². The van der Waals surface area contributed by atoms with Crippen molar-refractivity contribution in [2.45, 2.75) is 51.2 Å². The Morgan fingerprint density at radius 1 is 0.939 bits per heavy atom. The third-order valence-corrected chi connectivity index (χ3v) is 7.80. The zero-order valence-corrected chi connectivity index (χ0v) is 18.4. The first-order valence-corrected chi connectivity index (χ1v) is 11.4. The highest BCUT2D eigenvalue weighted by atomic mass is 19.4. The summed E-state index contributed by atoms with van der Waals surface area (Å²) >= 11 is 0. The minimum absolute atomic E-state index is 0.247. The van der Waals surface area contributed by atoms with Gasteiger partial charge in [0.25, 0.3) is 5.65 Å². The lowest BCUT2D eigenvalue weighted by Crippen LogP contribution is -2.36. The molecule has 0 saturated heterocycles. The molecule has 0 unspecified atom stereocenters. The van der Waals surface area contributed by atoms with Gasteiger partial charge in [0.2, 0.25) is 0 Å². The van der Waals surface area contributed by atoms with Crippen LogP contribution in [0.2, 0.25) is 0 Å². The molecule has 0 radical (unpaired) electrons. The van der Waals surface area contributed by atoms with Crippen LogP contribution in [0.5, 0.6) is 0 Å². The van der Waals surface area contributed by atoms with E-state index in [1.807, 2.05) is 18.2 Å². The van der Waals surface area contributed by atoms with Crippen LogP contribution < -0.4 is 4.57 Å². The van der Waals surface area contributed by atoms with Gasteiger partial charge in [-0.15, -0.1) is 0 Å². The van der Waals surface area contributed by atoms with Gasteiger partial charge in [-0.1, -0.05) is 26.0 Å². The number of halogens is 4. The summed E-state index contributed by atoms with van der Waals surface area (Å²) in [6.07, 6.45) is -1.98. The number of nitrogens with zero attached hydrogens (tertiary/aromatic N) is 2. The predicted molar refractivity (Wildman–Crippen MR) is 122 cm³/mol. The lowest BCUT2D eigenvalue weighted by atomic mass is 9.72. The fourth-order valence-corrected chi connectivity index (χ4v) is 5.99. The van der Waals surface area contributed by atoms with Gasteiger partial charge in [0, 0.05) is 10.8 Å². The van der Waals surface area contributed by atoms with Gasteiger partial charge in [0.15, 0.2) is 11.0 Å². The normalized spacial score (nSPS) is 15.8. The lowest BCUT2D eigenvalue weighted by molar-refractivity contribution is -0.646. The van der Waals surface area contributed by atoms with Gasteiger partial charge >= 0.3 is 6.18 Å². The molecular formula is C27H23F4N2+. The van der Waals surface area contributed by atoms with Gasteiger partial charge in [-0.25, -0.2) is 8.96 Å². The Kier molecular flexibility index (Phi) is 4.14. The molecule has 3 heterocycles. The van der Waals surface area contributed by atoms with Crippen molar-refractivity contribution in [3.05, 3.63) is 71.5 Å². The van der Waals surface area contributed by atoms with Gasteiger partial charge in [-0.05, 0) is 72.7 Å². The van der Waals surface area contributed by atoms with Crippen molar-refractivity contribution in [2.24, 2.45) is 0 Å². The van der Waals surface area contributed by atoms with Crippen molar-refractivity contribution in [3.63, 3.8) is 0 Å². The summed E-state index contributed by atoms with van der Waals surface area (Å²) < 4.78 is 60.4. The van der Waals surface area contributed by atoms with Gasteiger partial charge in [0.05, 0.1) is 17.5 Å². The van der Waals surface area contributed by atoms with E-state index < -0.39 is 17.6 Å². The first kappa shape index (κ1) is 20.5. The summed E-state index contributed by atoms with van der Waals surface area (Å²) in [5.41, 5.74) is 3.48. The summed E-state index contributed by atoms with van der Waals surface area (Å²) in [6.45, 7) is 4.99. The molecule has 5 aromatic rings. The van der Waals surface area contributed by atoms with Crippen molar-refractivity contribution in [3.8, 4) is 0 Å². The highest BCUT2D eigenvalue weighted by Gasteiger charge is 2.39. The third kappa shape index (κ3) is 2.63. The Morgan fingerprint density at radius 3 is 2.42 bits per heavy atom. The second kappa shape index (κ2) is 6.69. The summed E-state index contributed by atoms with van der Waals surface area (Å²) in [5.74, 6) is -0.406. The molecule has 0 atom stereocenters. The number of aryl methyl sites for hydroxylation is 1. The fraction of sp³-hybridized carbons (Fsp3) is 0.296. The number of hydrogen-bond acceptors (Lipinski definition) is 0. The number of imidazole rings is 1. The van der Waals surface area contributed by atoms with E-state index in [9.17, 15) is 13.2 Å². The van der Waals surface area contributed by atoms with Crippen LogP contribution in [0.1, 0.15) is 44.2 Å². The van der Waals surface area contributed by atoms with E-state index >= 15 is 4.39 Å². The van der Waals surface area contributed by atoms with E-state index in [-0.39, 0.29) is 5.41 Å². The fourth-order valence-electron chi connectivity index (χ4n) is 5.99. The summed E-state index contributed by atoms with van der Waals surface area (Å²) in [5, 5.41) is 1.83. The van der Waals surface area contributed by atoms with E-state index in [1.54, 1.807) is 6.07 Å². The summed E-state index contributed by atoms with van der Waals surface area (Å²) in [4.78, 5) is 0. The SMILES string of the molecule is CCC1(CC)CC[n+]2c3ccccc3n3c4ccc(C(F)(F)F)cc4c4cc(F)cc1c4c32. The zero-order valence-electron chi connectivity index (χ0n) is 18.4. The summed E-state index contributed by atoms with van der Waals surface area (Å²) in [7, 11) is 0. The van der Waals surface area contributed by atoms with Crippen LogP contribution in [0.25, 0.3) is 38.4 Å². The highest BCUT2D eigenvalue weighted by molar-refractivity contribution is 6.14. The number of hydrogen-bond donors (Lipinski definition) is 0. The van der Waals surface area contributed by atoms with Gasteiger partial charge in [-0.2, -0.15) is 17.6 Å². The zero-order chi connectivity index (χ0) is 23.1. The van der Waals surface area contributed by atoms with E-state index in [0.29, 0.717) is 16.3 Å². The Bertz CT molecular complexity index is 1590. The van der Waals surface area contributed by atoms with E-state index in [4.69, 9.17) is 0 Å². The number of aromatic nitrogens is 2. The second-order valence-corrected chi connectivity index (χ2v) is 9.14. The van der Waals surface area contributed by atoms with Crippen molar-refractivity contribution in [2.75, 3.05) is 0 Å². The number of rotatable bonds is 2. The Labute approximate surface area is 188 Å². The van der Waals surface area contributed by atoms with Crippen LogP contribution in [0, 0.1) is 5.82 Å². The Hall–Kier alpha value is -3.15. The van der Waals surface area contributed by atoms with Gasteiger partial charge in [-0.3, -0.25) is 0 Å². The maximum absolute atomic E-state index is 15.1. The molecule has 0 N–H and O–H groups in total. The molecule has 168 valence electrons. The van der Waals surface area contributed by atoms with Crippen molar-refractivity contribution in [1.29, 1.82) is 0 Å². The van der Waals surface area contributed by atoms with Crippen LogP contribution in [0.3, 0.4) is 0 Å². The number of fused-ring (bicyclic) bond motifs is 6. The number of para-hydroxylation sites is 2. The molecule has 0 fully saturated rings. The molecule has 0 spiro atoms. The van der Waals surface area contributed by atoms with Crippen LogP contribution in [0.4, 0.5) is 17.6 Å². The first-order valence-electron chi connectivity index (χ1n) is 11.4. The standard InChI is InChI=1S/C27H23F4N2/c1-3-26(4-2)11-12-32-22-7-5-6-8-23(22)33-21-10-9-16(27(29,30)31)13-18(21)19-14-17(28)15-20(26)24(19)25(32)33/h5-10,13-15H,3-4,11-12H2,1-2H3/q+1. The minimum atomic E-state index is -4.48. The Morgan fingerprint density at radius 2 is 1.70 bits per heavy atom. The van der Waals surface area contributed by atoms with Crippen LogP contribution in [-0.2, 0) is 18.1 Å². The lowest BCUT2D eigenvalue weighted by Gasteiger charge is -2.31. The average molecular weight is 451 g/mol. The maximum atomic E-state index is 15.1. The van der Waals surface area contributed by atoms with Gasteiger partial charge < -0.3 is 0 Å². The molecule has 2 nitrogen and oxygen atoms in total. The monoisotopic (exact) mass is 451 g/mol. The molecule has 3 aromatic carbocycles. The van der Waals surface area contributed by atoms with Crippen LogP contribution >= 0.6 is 0 Å². The molecule has 1 aliphatic rings. The molecule has 1 aliphatic heterocycles. The molecule has 2 aromatic heterocycles. The molecule has 0 bridgehead atoms.